The molecular formula is C16H24N2O. The molecule has 3 heteroatoms. The van der Waals surface area contributed by atoms with Gasteiger partial charge in [-0.1, -0.05) is 38.8 Å². The monoisotopic (exact) mass is 260 g/mol. The highest BCUT2D eigenvalue weighted by Crippen LogP contribution is 2.31. The van der Waals surface area contributed by atoms with Gasteiger partial charge >= 0.3 is 0 Å². The highest BCUT2D eigenvalue weighted by molar-refractivity contribution is 5.93. The van der Waals surface area contributed by atoms with E-state index in [0.717, 1.165) is 12.1 Å². The van der Waals surface area contributed by atoms with Crippen LogP contribution in [-0.4, -0.2) is 13.0 Å². The summed E-state index contributed by atoms with van der Waals surface area (Å²) in [5.74, 6) is 0.784. The average molecular weight is 260 g/mol. The van der Waals surface area contributed by atoms with Crippen molar-refractivity contribution in [1.82, 2.24) is 5.32 Å². The van der Waals surface area contributed by atoms with E-state index in [1.54, 1.807) is 0 Å². The SMILES string of the molecule is CCC(CC)C(NC)c1ccc2c(c1)CCC(=O)N2. The van der Waals surface area contributed by atoms with E-state index in [9.17, 15) is 4.79 Å². The Morgan fingerprint density at radius 2 is 2.00 bits per heavy atom. The smallest absolute Gasteiger partial charge is 0.224 e. The van der Waals surface area contributed by atoms with Crippen molar-refractivity contribution < 1.29 is 4.79 Å². The fourth-order valence-electron chi connectivity index (χ4n) is 3.03. The van der Waals surface area contributed by atoms with Crippen LogP contribution in [-0.2, 0) is 11.2 Å². The molecule has 0 aromatic heterocycles. The van der Waals surface area contributed by atoms with Gasteiger partial charge in [0.05, 0.1) is 0 Å². The van der Waals surface area contributed by atoms with Crippen molar-refractivity contribution in [3.8, 4) is 0 Å². The first-order valence-electron chi connectivity index (χ1n) is 7.29. The van der Waals surface area contributed by atoms with Gasteiger partial charge in [0.25, 0.3) is 0 Å². The standard InChI is InChI=1S/C16H24N2O/c1-4-11(5-2)16(17-3)13-6-8-14-12(10-13)7-9-15(19)18-14/h6,8,10-11,16-17H,4-5,7,9H2,1-3H3,(H,18,19). The maximum absolute atomic E-state index is 11.4. The number of anilines is 1. The molecule has 1 aromatic carbocycles. The molecule has 1 atom stereocenters. The van der Waals surface area contributed by atoms with Crippen LogP contribution in [0.3, 0.4) is 0 Å². The largest absolute Gasteiger partial charge is 0.326 e. The van der Waals surface area contributed by atoms with Gasteiger partial charge in [0.1, 0.15) is 0 Å². The molecule has 1 amide bonds. The Morgan fingerprint density at radius 3 is 2.63 bits per heavy atom. The number of nitrogens with one attached hydrogen (secondary N) is 2. The lowest BCUT2D eigenvalue weighted by Crippen LogP contribution is -2.25. The third kappa shape index (κ3) is 2.98. The first kappa shape index (κ1) is 14.1. The Kier molecular flexibility index (Phi) is 4.59. The molecular weight excluding hydrogens is 236 g/mol. The van der Waals surface area contributed by atoms with Crippen LogP contribution >= 0.6 is 0 Å². The number of carbonyl (C=O) groups is 1. The molecule has 1 aromatic rings. The average Bonchev–Trinajstić information content (AvgIpc) is 2.44. The topological polar surface area (TPSA) is 41.1 Å². The Labute approximate surface area is 115 Å². The number of fused-ring (bicyclic) bond motifs is 1. The molecule has 3 nitrogen and oxygen atoms in total. The van der Waals surface area contributed by atoms with Crippen molar-refractivity contribution >= 4 is 11.6 Å². The number of hydrogen-bond acceptors (Lipinski definition) is 2. The zero-order valence-corrected chi connectivity index (χ0v) is 12.1. The first-order valence-corrected chi connectivity index (χ1v) is 7.29. The van der Waals surface area contributed by atoms with Crippen molar-refractivity contribution in [2.45, 2.75) is 45.6 Å². The number of amides is 1. The maximum atomic E-state index is 11.4. The summed E-state index contributed by atoms with van der Waals surface area (Å²) in [6.45, 7) is 4.49. The van der Waals surface area contributed by atoms with Gasteiger partial charge in [-0.05, 0) is 36.6 Å². The molecule has 104 valence electrons. The summed E-state index contributed by atoms with van der Waals surface area (Å²) in [6, 6.07) is 6.85. The van der Waals surface area contributed by atoms with Crippen LogP contribution in [0.5, 0.6) is 0 Å². The van der Waals surface area contributed by atoms with Crippen LogP contribution in [0.2, 0.25) is 0 Å². The fraction of sp³-hybridized carbons (Fsp3) is 0.562. The number of rotatable bonds is 5. The van der Waals surface area contributed by atoms with Crippen molar-refractivity contribution in [3.63, 3.8) is 0 Å². The van der Waals surface area contributed by atoms with Crippen molar-refractivity contribution in [3.05, 3.63) is 29.3 Å². The van der Waals surface area contributed by atoms with Gasteiger partial charge in [0.2, 0.25) is 5.91 Å². The number of benzene rings is 1. The van der Waals surface area contributed by atoms with Gasteiger partial charge in [0.15, 0.2) is 0 Å². The second-order valence-electron chi connectivity index (χ2n) is 5.31. The van der Waals surface area contributed by atoms with E-state index in [4.69, 9.17) is 0 Å². The van der Waals surface area contributed by atoms with Crippen LogP contribution in [0, 0.1) is 5.92 Å². The summed E-state index contributed by atoms with van der Waals surface area (Å²) in [7, 11) is 2.03. The van der Waals surface area contributed by atoms with Gasteiger partial charge < -0.3 is 10.6 Å². The molecule has 1 heterocycles. The van der Waals surface area contributed by atoms with E-state index in [2.05, 4.69) is 42.7 Å². The van der Waals surface area contributed by atoms with Gasteiger partial charge in [-0.3, -0.25) is 4.79 Å². The summed E-state index contributed by atoms with van der Waals surface area (Å²) in [5, 5.41) is 6.39. The molecule has 0 saturated heterocycles. The van der Waals surface area contributed by atoms with Crippen molar-refractivity contribution in [2.75, 3.05) is 12.4 Å². The van der Waals surface area contributed by atoms with Crippen LogP contribution in [0.25, 0.3) is 0 Å². The number of hydrogen-bond donors (Lipinski definition) is 2. The van der Waals surface area contributed by atoms with Crippen molar-refractivity contribution in [1.29, 1.82) is 0 Å². The van der Waals surface area contributed by atoms with Gasteiger partial charge in [-0.25, -0.2) is 0 Å². The normalized spacial score (nSPS) is 16.1. The summed E-state index contributed by atoms with van der Waals surface area (Å²) in [6.07, 6.45) is 3.81. The number of aryl methyl sites for hydroxylation is 1. The summed E-state index contributed by atoms with van der Waals surface area (Å²) < 4.78 is 0. The Morgan fingerprint density at radius 1 is 1.26 bits per heavy atom. The number of carbonyl (C=O) groups excluding carboxylic acids is 1. The molecule has 2 N–H and O–H groups in total. The molecule has 0 fully saturated rings. The zero-order chi connectivity index (χ0) is 13.8. The van der Waals surface area contributed by atoms with E-state index in [1.165, 1.54) is 24.0 Å². The fourth-order valence-corrected chi connectivity index (χ4v) is 3.03. The lowest BCUT2D eigenvalue weighted by atomic mass is 9.87. The summed E-state index contributed by atoms with van der Waals surface area (Å²) >= 11 is 0. The molecule has 19 heavy (non-hydrogen) atoms. The third-order valence-corrected chi connectivity index (χ3v) is 4.22. The van der Waals surface area contributed by atoms with Crippen LogP contribution in [0.1, 0.15) is 50.3 Å². The van der Waals surface area contributed by atoms with E-state index in [0.29, 0.717) is 18.4 Å². The molecule has 1 unspecified atom stereocenters. The van der Waals surface area contributed by atoms with Gasteiger partial charge in [-0.15, -0.1) is 0 Å². The second kappa shape index (κ2) is 6.20. The lowest BCUT2D eigenvalue weighted by molar-refractivity contribution is -0.116. The predicted octanol–water partition coefficient (Wildman–Crippen LogP) is 3.27. The molecule has 0 spiro atoms. The third-order valence-electron chi connectivity index (χ3n) is 4.22. The maximum Gasteiger partial charge on any atom is 0.224 e. The summed E-state index contributed by atoms with van der Waals surface area (Å²) in [5.41, 5.74) is 3.59. The molecule has 0 bridgehead atoms. The Hall–Kier alpha value is -1.35. The molecule has 2 rings (SSSR count). The lowest BCUT2D eigenvalue weighted by Gasteiger charge is -2.27. The highest BCUT2D eigenvalue weighted by Gasteiger charge is 2.21. The zero-order valence-electron chi connectivity index (χ0n) is 12.1. The molecule has 0 aliphatic carbocycles. The van der Waals surface area contributed by atoms with E-state index in [-0.39, 0.29) is 5.91 Å². The molecule has 1 aliphatic heterocycles. The van der Waals surface area contributed by atoms with E-state index < -0.39 is 0 Å². The highest BCUT2D eigenvalue weighted by atomic mass is 16.1. The summed E-state index contributed by atoms with van der Waals surface area (Å²) in [4.78, 5) is 11.4. The Bertz CT molecular complexity index is 452. The van der Waals surface area contributed by atoms with E-state index >= 15 is 0 Å². The van der Waals surface area contributed by atoms with Crippen LogP contribution < -0.4 is 10.6 Å². The minimum absolute atomic E-state index is 0.130. The molecule has 1 aliphatic rings. The molecule has 0 saturated carbocycles. The minimum Gasteiger partial charge on any atom is -0.326 e. The Balaban J connectivity index is 2.27. The van der Waals surface area contributed by atoms with Gasteiger partial charge in [-0.2, -0.15) is 0 Å². The second-order valence-corrected chi connectivity index (χ2v) is 5.31. The van der Waals surface area contributed by atoms with Crippen molar-refractivity contribution in [2.24, 2.45) is 5.92 Å². The van der Waals surface area contributed by atoms with Gasteiger partial charge in [0, 0.05) is 18.2 Å². The van der Waals surface area contributed by atoms with Crippen LogP contribution in [0.4, 0.5) is 5.69 Å². The van der Waals surface area contributed by atoms with Crippen LogP contribution in [0.15, 0.2) is 18.2 Å². The van der Waals surface area contributed by atoms with E-state index in [1.807, 2.05) is 7.05 Å². The minimum atomic E-state index is 0.130. The molecule has 0 radical (unpaired) electrons. The quantitative estimate of drug-likeness (QED) is 0.853. The first-order chi connectivity index (χ1) is 9.19. The predicted molar refractivity (Wildman–Crippen MR) is 79.3 cm³/mol.